The van der Waals surface area contributed by atoms with E-state index >= 15 is 0 Å². The van der Waals surface area contributed by atoms with Crippen molar-refractivity contribution >= 4 is 0 Å². The quantitative estimate of drug-likeness (QED) is 0.381. The second-order valence-corrected chi connectivity index (χ2v) is 7.91. The Morgan fingerprint density at radius 1 is 1.04 bits per heavy atom. The van der Waals surface area contributed by atoms with Crippen molar-refractivity contribution in [1.82, 2.24) is 0 Å². The molecule has 0 aromatic heterocycles. The highest BCUT2D eigenvalue weighted by Crippen LogP contribution is 2.63. The molecule has 6 nitrogen and oxygen atoms in total. The Balaban J connectivity index is 1.88. The lowest BCUT2D eigenvalue weighted by molar-refractivity contribution is -0.245. The average molecular weight is 336 g/mol. The molecule has 3 aliphatic carbocycles. The van der Waals surface area contributed by atoms with Gasteiger partial charge in [0.05, 0.1) is 29.3 Å². The Kier molecular flexibility index (Phi) is 3.26. The van der Waals surface area contributed by atoms with Crippen molar-refractivity contribution in [2.24, 2.45) is 11.3 Å². The minimum absolute atomic E-state index is 0.210. The molecule has 6 N–H and O–H groups in total. The van der Waals surface area contributed by atoms with Crippen molar-refractivity contribution < 1.29 is 30.6 Å². The highest BCUT2D eigenvalue weighted by atomic mass is 16.3. The monoisotopic (exact) mass is 336 g/mol. The molecule has 2 saturated carbocycles. The lowest BCUT2D eigenvalue weighted by Gasteiger charge is -2.59. The molecule has 24 heavy (non-hydrogen) atoms. The van der Waals surface area contributed by atoms with Gasteiger partial charge in [0.2, 0.25) is 0 Å². The third-order valence-corrected chi connectivity index (χ3v) is 7.10. The molecule has 6 heteroatoms. The van der Waals surface area contributed by atoms with Gasteiger partial charge in [-0.15, -0.1) is 0 Å². The molecule has 0 spiro atoms. The summed E-state index contributed by atoms with van der Waals surface area (Å²) in [6.07, 6.45) is -1.36. The average Bonchev–Trinajstić information content (AvgIpc) is 2.79. The summed E-state index contributed by atoms with van der Waals surface area (Å²) in [7, 11) is 0. The SMILES string of the molecule is C[C@@]12[C@H](O)CC[C@]1(O)[C@@H]1CCc3cc(O)c(O)cc3[C@H]1[C@@H](O)[C@H]2O. The van der Waals surface area contributed by atoms with Crippen LogP contribution < -0.4 is 0 Å². The zero-order valence-corrected chi connectivity index (χ0v) is 13.6. The number of aliphatic hydroxyl groups is 4. The van der Waals surface area contributed by atoms with E-state index in [1.807, 2.05) is 0 Å². The van der Waals surface area contributed by atoms with E-state index in [1.165, 1.54) is 12.1 Å². The van der Waals surface area contributed by atoms with Gasteiger partial charge in [0.15, 0.2) is 11.5 Å². The zero-order valence-electron chi connectivity index (χ0n) is 13.6. The minimum atomic E-state index is -1.28. The van der Waals surface area contributed by atoms with Crippen molar-refractivity contribution in [3.8, 4) is 11.5 Å². The number of aliphatic hydroxyl groups excluding tert-OH is 3. The van der Waals surface area contributed by atoms with Crippen LogP contribution >= 0.6 is 0 Å². The fourth-order valence-corrected chi connectivity index (χ4v) is 5.63. The molecule has 4 rings (SSSR count). The fraction of sp³-hybridized carbons (Fsp3) is 0.667. The summed E-state index contributed by atoms with van der Waals surface area (Å²) >= 11 is 0. The number of phenolic OH excluding ortho intramolecular Hbond substituents is 2. The molecule has 0 saturated heterocycles. The van der Waals surface area contributed by atoms with Gasteiger partial charge in [0.25, 0.3) is 0 Å². The van der Waals surface area contributed by atoms with E-state index in [1.54, 1.807) is 6.92 Å². The molecular formula is C18H24O6. The van der Waals surface area contributed by atoms with E-state index in [2.05, 4.69) is 0 Å². The van der Waals surface area contributed by atoms with Gasteiger partial charge < -0.3 is 30.6 Å². The molecule has 132 valence electrons. The fourth-order valence-electron chi connectivity index (χ4n) is 5.63. The van der Waals surface area contributed by atoms with E-state index in [4.69, 9.17) is 0 Å². The molecule has 0 aliphatic heterocycles. The summed E-state index contributed by atoms with van der Waals surface area (Å²) in [6, 6.07) is 2.91. The largest absolute Gasteiger partial charge is 0.504 e. The van der Waals surface area contributed by atoms with Crippen LogP contribution in [0.15, 0.2) is 12.1 Å². The van der Waals surface area contributed by atoms with Gasteiger partial charge in [-0.05, 0) is 54.9 Å². The first-order valence-corrected chi connectivity index (χ1v) is 8.53. The first-order chi connectivity index (χ1) is 11.2. The Hall–Kier alpha value is -1.34. The maximum atomic E-state index is 11.4. The normalized spacial score (nSPS) is 47.0. The number of hydrogen-bond donors (Lipinski definition) is 6. The zero-order chi connectivity index (χ0) is 17.4. The minimum Gasteiger partial charge on any atom is -0.504 e. The summed E-state index contributed by atoms with van der Waals surface area (Å²) in [6.45, 7) is 1.65. The molecule has 0 amide bonds. The molecular weight excluding hydrogens is 312 g/mol. The van der Waals surface area contributed by atoms with Gasteiger partial charge in [-0.25, -0.2) is 0 Å². The van der Waals surface area contributed by atoms with Gasteiger partial charge in [-0.1, -0.05) is 6.92 Å². The predicted octanol–water partition coefficient (Wildman–Crippen LogP) is 0.371. The second kappa shape index (κ2) is 4.85. The number of hydrogen-bond acceptors (Lipinski definition) is 6. The number of aryl methyl sites for hydroxylation is 1. The standard InChI is InChI=1S/C18H24O6/c1-17-13(21)4-5-18(17,24)10-3-2-8-6-11(19)12(20)7-9(8)14(10)15(22)16(17)23/h6-7,10,13-16,19-24H,2-5H2,1H3/t10-,13-,14-,15-,16-,17+,18+/m1/s1. The van der Waals surface area contributed by atoms with Gasteiger partial charge in [0.1, 0.15) is 0 Å². The smallest absolute Gasteiger partial charge is 0.157 e. The molecule has 0 radical (unpaired) electrons. The highest BCUT2D eigenvalue weighted by molar-refractivity contribution is 5.49. The number of aromatic hydroxyl groups is 2. The van der Waals surface area contributed by atoms with Crippen LogP contribution in [0, 0.1) is 11.3 Å². The molecule has 0 bridgehead atoms. The molecule has 0 heterocycles. The van der Waals surface area contributed by atoms with Crippen LogP contribution in [-0.2, 0) is 6.42 Å². The van der Waals surface area contributed by atoms with Crippen LogP contribution in [0.5, 0.6) is 11.5 Å². The molecule has 1 aromatic rings. The summed E-state index contributed by atoms with van der Waals surface area (Å²) in [4.78, 5) is 0. The third kappa shape index (κ3) is 1.69. The van der Waals surface area contributed by atoms with Crippen LogP contribution in [0.3, 0.4) is 0 Å². The Labute approximate surface area is 140 Å². The van der Waals surface area contributed by atoms with Crippen molar-refractivity contribution in [2.75, 3.05) is 0 Å². The van der Waals surface area contributed by atoms with Crippen molar-refractivity contribution in [3.63, 3.8) is 0 Å². The van der Waals surface area contributed by atoms with Crippen LogP contribution in [0.2, 0.25) is 0 Å². The summed E-state index contributed by atoms with van der Waals surface area (Å²) in [5, 5.41) is 63.0. The maximum Gasteiger partial charge on any atom is 0.157 e. The molecule has 0 unspecified atom stereocenters. The number of phenols is 2. The lowest BCUT2D eigenvalue weighted by atomic mass is 9.50. The van der Waals surface area contributed by atoms with Gasteiger partial charge >= 0.3 is 0 Å². The van der Waals surface area contributed by atoms with E-state index in [9.17, 15) is 30.6 Å². The summed E-state index contributed by atoms with van der Waals surface area (Å²) in [5.74, 6) is -1.35. The Bertz CT molecular complexity index is 690. The summed E-state index contributed by atoms with van der Waals surface area (Å²) in [5.41, 5.74) is -0.987. The van der Waals surface area contributed by atoms with Crippen LogP contribution in [-0.4, -0.2) is 54.6 Å². The van der Waals surface area contributed by atoms with Crippen LogP contribution in [0.1, 0.15) is 43.2 Å². The predicted molar refractivity (Wildman–Crippen MR) is 84.6 cm³/mol. The van der Waals surface area contributed by atoms with E-state index in [-0.39, 0.29) is 17.4 Å². The Morgan fingerprint density at radius 3 is 2.42 bits per heavy atom. The van der Waals surface area contributed by atoms with Crippen molar-refractivity contribution in [1.29, 1.82) is 0 Å². The molecule has 2 fully saturated rings. The molecule has 1 aromatic carbocycles. The summed E-state index contributed by atoms with van der Waals surface area (Å²) < 4.78 is 0. The number of rotatable bonds is 0. The maximum absolute atomic E-state index is 11.4. The van der Waals surface area contributed by atoms with Gasteiger partial charge in [0, 0.05) is 5.92 Å². The van der Waals surface area contributed by atoms with Crippen LogP contribution in [0.25, 0.3) is 0 Å². The number of fused-ring (bicyclic) bond motifs is 5. The van der Waals surface area contributed by atoms with Gasteiger partial charge in [-0.2, -0.15) is 0 Å². The highest BCUT2D eigenvalue weighted by Gasteiger charge is 2.70. The number of benzene rings is 1. The van der Waals surface area contributed by atoms with Crippen molar-refractivity contribution in [3.05, 3.63) is 23.3 Å². The first-order valence-electron chi connectivity index (χ1n) is 8.53. The second-order valence-electron chi connectivity index (χ2n) is 7.91. The van der Waals surface area contributed by atoms with E-state index in [0.717, 1.165) is 5.56 Å². The van der Waals surface area contributed by atoms with E-state index < -0.39 is 35.2 Å². The molecule has 7 atom stereocenters. The molecule has 3 aliphatic rings. The topological polar surface area (TPSA) is 121 Å². The first kappa shape index (κ1) is 16.1. The van der Waals surface area contributed by atoms with Gasteiger partial charge in [-0.3, -0.25) is 0 Å². The van der Waals surface area contributed by atoms with Crippen molar-refractivity contribution in [2.45, 2.75) is 62.4 Å². The van der Waals surface area contributed by atoms with E-state index in [0.29, 0.717) is 31.2 Å². The van der Waals surface area contributed by atoms with Crippen LogP contribution in [0.4, 0.5) is 0 Å². The lowest BCUT2D eigenvalue weighted by Crippen LogP contribution is -2.68. The Morgan fingerprint density at radius 2 is 1.71 bits per heavy atom. The third-order valence-electron chi connectivity index (χ3n) is 7.10.